The number of rotatable bonds is 9. The summed E-state index contributed by atoms with van der Waals surface area (Å²) >= 11 is 6.18. The number of aliphatic hydroxyl groups excluding tert-OH is 1. The third-order valence-electron chi connectivity index (χ3n) is 3.57. The van der Waals surface area contributed by atoms with Crippen molar-refractivity contribution in [1.29, 1.82) is 0 Å². The van der Waals surface area contributed by atoms with Crippen LogP contribution < -0.4 is 20.5 Å². The Balaban J connectivity index is 1.97. The van der Waals surface area contributed by atoms with Gasteiger partial charge in [-0.15, -0.1) is 0 Å². The van der Waals surface area contributed by atoms with Gasteiger partial charge in [0.15, 0.2) is 18.1 Å². The van der Waals surface area contributed by atoms with Gasteiger partial charge >= 0.3 is 0 Å². The van der Waals surface area contributed by atoms with Crippen molar-refractivity contribution in [3.8, 4) is 11.5 Å². The Bertz CT molecular complexity index is 756. The minimum atomic E-state index is -0.772. The fourth-order valence-corrected chi connectivity index (χ4v) is 2.60. The number of amides is 1. The van der Waals surface area contributed by atoms with Crippen LogP contribution in [0.5, 0.6) is 11.5 Å². The van der Waals surface area contributed by atoms with Gasteiger partial charge in [0.05, 0.1) is 18.2 Å². The van der Waals surface area contributed by atoms with E-state index in [1.54, 1.807) is 12.1 Å². The number of carbonyl (C=O) groups is 1. The van der Waals surface area contributed by atoms with Crippen molar-refractivity contribution in [3.63, 3.8) is 0 Å². The minimum Gasteiger partial charge on any atom is -0.493 e. The second-order valence-corrected chi connectivity index (χ2v) is 5.97. The summed E-state index contributed by atoms with van der Waals surface area (Å²) in [6.07, 6.45) is -0.772. The smallest absolute Gasteiger partial charge is 0.255 e. The van der Waals surface area contributed by atoms with Crippen LogP contribution in [0.4, 0.5) is 4.39 Å². The Kier molecular flexibility index (Phi) is 7.20. The van der Waals surface area contributed by atoms with E-state index in [4.69, 9.17) is 26.8 Å². The molecule has 0 heterocycles. The summed E-state index contributed by atoms with van der Waals surface area (Å²) in [5, 5.41) is 13.5. The number of nitrogens with two attached hydrogens (primary N) is 1. The average Bonchev–Trinajstić information content (AvgIpc) is 2.60. The molecule has 0 saturated heterocycles. The molecule has 140 valence electrons. The zero-order valence-electron chi connectivity index (χ0n) is 14.2. The second kappa shape index (κ2) is 9.38. The first-order valence-electron chi connectivity index (χ1n) is 7.82. The van der Waals surface area contributed by atoms with Crippen LogP contribution in [0.25, 0.3) is 0 Å². The number of methoxy groups -OCH3 is 1. The van der Waals surface area contributed by atoms with Gasteiger partial charge in [-0.2, -0.15) is 0 Å². The molecule has 8 heteroatoms. The summed E-state index contributed by atoms with van der Waals surface area (Å²) in [4.78, 5) is 10.9. The Hall–Kier alpha value is -2.35. The van der Waals surface area contributed by atoms with Crippen molar-refractivity contribution in [2.75, 3.05) is 20.3 Å². The summed E-state index contributed by atoms with van der Waals surface area (Å²) in [5.41, 5.74) is 6.47. The van der Waals surface area contributed by atoms with Crippen LogP contribution in [-0.4, -0.2) is 31.3 Å². The summed E-state index contributed by atoms with van der Waals surface area (Å²) in [6, 6.07) is 9.04. The number of hydrogen-bond donors (Lipinski definition) is 3. The largest absolute Gasteiger partial charge is 0.493 e. The quantitative estimate of drug-likeness (QED) is 0.618. The molecule has 0 aliphatic heterocycles. The lowest BCUT2D eigenvalue weighted by molar-refractivity contribution is -0.119. The number of primary amides is 1. The van der Waals surface area contributed by atoms with Crippen molar-refractivity contribution in [1.82, 2.24) is 5.32 Å². The molecule has 0 spiro atoms. The highest BCUT2D eigenvalue weighted by molar-refractivity contribution is 6.32. The Morgan fingerprint density at radius 3 is 2.65 bits per heavy atom. The Morgan fingerprint density at radius 2 is 2.04 bits per heavy atom. The van der Waals surface area contributed by atoms with E-state index in [1.165, 1.54) is 31.4 Å². The third kappa shape index (κ3) is 5.59. The maximum atomic E-state index is 12.9. The van der Waals surface area contributed by atoms with Gasteiger partial charge in [-0.3, -0.25) is 4.79 Å². The van der Waals surface area contributed by atoms with Gasteiger partial charge in [0.25, 0.3) is 5.91 Å². The SMILES string of the molecule is COc1cc(CNCC(O)c2ccc(F)cc2)cc(Cl)c1OCC(N)=O. The summed E-state index contributed by atoms with van der Waals surface area (Å²) in [7, 11) is 1.46. The fraction of sp³-hybridized carbons (Fsp3) is 0.278. The second-order valence-electron chi connectivity index (χ2n) is 5.56. The normalized spacial score (nSPS) is 11.8. The van der Waals surface area contributed by atoms with Crippen LogP contribution in [0.15, 0.2) is 36.4 Å². The van der Waals surface area contributed by atoms with Crippen LogP contribution in [0.1, 0.15) is 17.2 Å². The average molecular weight is 383 g/mol. The number of carbonyl (C=O) groups excluding carboxylic acids is 1. The maximum Gasteiger partial charge on any atom is 0.255 e. The van der Waals surface area contributed by atoms with Gasteiger partial charge in [0.2, 0.25) is 0 Å². The molecule has 1 unspecified atom stereocenters. The standard InChI is InChI=1S/C18H20ClFN2O4/c1-25-16-7-11(6-14(19)18(16)26-10-17(21)24)8-22-9-15(23)12-2-4-13(20)5-3-12/h2-7,15,22-23H,8-10H2,1H3,(H2,21,24). The molecule has 1 atom stereocenters. The lowest BCUT2D eigenvalue weighted by Gasteiger charge is -2.15. The monoisotopic (exact) mass is 382 g/mol. The molecule has 0 fully saturated rings. The predicted octanol–water partition coefficient (Wildman–Crippen LogP) is 2.17. The lowest BCUT2D eigenvalue weighted by atomic mass is 10.1. The number of aliphatic hydroxyl groups is 1. The third-order valence-corrected chi connectivity index (χ3v) is 3.85. The summed E-state index contributed by atoms with van der Waals surface area (Å²) in [6.45, 7) is 0.369. The van der Waals surface area contributed by atoms with Gasteiger partial charge in [-0.25, -0.2) is 4.39 Å². The van der Waals surface area contributed by atoms with E-state index in [1.807, 2.05) is 0 Å². The van der Waals surface area contributed by atoms with E-state index in [-0.39, 0.29) is 29.7 Å². The molecule has 6 nitrogen and oxygen atoms in total. The van der Waals surface area contributed by atoms with Crippen molar-refractivity contribution < 1.29 is 23.8 Å². The van der Waals surface area contributed by atoms with E-state index in [0.717, 1.165) is 5.56 Å². The highest BCUT2D eigenvalue weighted by Crippen LogP contribution is 2.36. The minimum absolute atomic E-state index is 0.239. The van der Waals surface area contributed by atoms with Crippen molar-refractivity contribution in [3.05, 3.63) is 58.4 Å². The maximum absolute atomic E-state index is 12.9. The Morgan fingerprint density at radius 1 is 1.35 bits per heavy atom. The van der Waals surface area contributed by atoms with E-state index in [9.17, 15) is 14.3 Å². The lowest BCUT2D eigenvalue weighted by Crippen LogP contribution is -2.21. The number of benzene rings is 2. The van der Waals surface area contributed by atoms with E-state index in [2.05, 4.69) is 5.32 Å². The van der Waals surface area contributed by atoms with Crippen LogP contribution in [0.3, 0.4) is 0 Å². The van der Waals surface area contributed by atoms with Crippen molar-refractivity contribution in [2.24, 2.45) is 5.73 Å². The molecule has 0 saturated carbocycles. The van der Waals surface area contributed by atoms with Crippen LogP contribution in [0.2, 0.25) is 5.02 Å². The van der Waals surface area contributed by atoms with Crippen LogP contribution in [-0.2, 0) is 11.3 Å². The number of hydrogen-bond acceptors (Lipinski definition) is 5. The van der Waals surface area contributed by atoms with Crippen molar-refractivity contribution >= 4 is 17.5 Å². The molecule has 4 N–H and O–H groups in total. The molecule has 2 rings (SSSR count). The first-order chi connectivity index (χ1) is 12.4. The van der Waals surface area contributed by atoms with E-state index in [0.29, 0.717) is 17.9 Å². The Labute approximate surface area is 155 Å². The number of ether oxygens (including phenoxy) is 2. The molecule has 0 aromatic heterocycles. The fourth-order valence-electron chi connectivity index (χ4n) is 2.31. The molecular formula is C18H20ClFN2O4. The number of halogens is 2. The summed E-state index contributed by atoms with van der Waals surface area (Å²) in [5.74, 6) is -0.365. The molecule has 0 radical (unpaired) electrons. The van der Waals surface area contributed by atoms with E-state index >= 15 is 0 Å². The van der Waals surface area contributed by atoms with Crippen LogP contribution >= 0.6 is 11.6 Å². The van der Waals surface area contributed by atoms with Crippen molar-refractivity contribution in [2.45, 2.75) is 12.6 Å². The topological polar surface area (TPSA) is 93.8 Å². The zero-order chi connectivity index (χ0) is 19.1. The molecule has 2 aromatic rings. The predicted molar refractivity (Wildman–Crippen MR) is 95.8 cm³/mol. The van der Waals surface area contributed by atoms with Gasteiger partial charge in [0.1, 0.15) is 5.82 Å². The molecule has 2 aromatic carbocycles. The first kappa shape index (κ1) is 20.0. The van der Waals surface area contributed by atoms with E-state index < -0.39 is 12.0 Å². The number of nitrogens with one attached hydrogen (secondary N) is 1. The van der Waals surface area contributed by atoms with Gasteiger partial charge in [0, 0.05) is 13.1 Å². The molecule has 1 amide bonds. The molecule has 26 heavy (non-hydrogen) atoms. The van der Waals surface area contributed by atoms with Gasteiger partial charge in [-0.05, 0) is 35.4 Å². The summed E-state index contributed by atoms with van der Waals surface area (Å²) < 4.78 is 23.4. The highest BCUT2D eigenvalue weighted by Gasteiger charge is 2.14. The first-order valence-corrected chi connectivity index (χ1v) is 8.20. The van der Waals surface area contributed by atoms with Gasteiger partial charge < -0.3 is 25.6 Å². The molecule has 0 bridgehead atoms. The molecular weight excluding hydrogens is 363 g/mol. The van der Waals surface area contributed by atoms with Gasteiger partial charge in [-0.1, -0.05) is 23.7 Å². The van der Waals surface area contributed by atoms with Crippen LogP contribution in [0, 0.1) is 5.82 Å². The molecule has 0 aliphatic rings. The molecule has 0 aliphatic carbocycles. The highest BCUT2D eigenvalue weighted by atomic mass is 35.5. The zero-order valence-corrected chi connectivity index (χ0v) is 14.9.